The molecular formula is C15H22N2O3. The Balaban J connectivity index is 2.52. The molecular weight excluding hydrogens is 256 g/mol. The number of nitrogens with zero attached hydrogens (tertiary/aromatic N) is 1. The van der Waals surface area contributed by atoms with Crippen LogP contribution in [0.25, 0.3) is 0 Å². The molecule has 0 atom stereocenters. The Bertz CT molecular complexity index is 457. The van der Waals surface area contributed by atoms with Gasteiger partial charge >= 0.3 is 5.97 Å². The maximum absolute atomic E-state index is 12.0. The van der Waals surface area contributed by atoms with E-state index in [1.165, 1.54) is 5.56 Å². The summed E-state index contributed by atoms with van der Waals surface area (Å²) in [6.45, 7) is 4.58. The van der Waals surface area contributed by atoms with Gasteiger partial charge in [0.1, 0.15) is 6.54 Å². The minimum atomic E-state index is -1.04. The molecule has 0 aromatic heterocycles. The summed E-state index contributed by atoms with van der Waals surface area (Å²) in [4.78, 5) is 24.5. The van der Waals surface area contributed by atoms with Crippen LogP contribution in [0.5, 0.6) is 0 Å². The van der Waals surface area contributed by atoms with Gasteiger partial charge in [0.15, 0.2) is 0 Å². The third-order valence-corrected chi connectivity index (χ3v) is 2.98. The second-order valence-corrected chi connectivity index (χ2v) is 5.62. The van der Waals surface area contributed by atoms with Gasteiger partial charge in [-0.1, -0.05) is 30.3 Å². The van der Waals surface area contributed by atoms with Crippen molar-refractivity contribution < 1.29 is 14.7 Å². The zero-order valence-electron chi connectivity index (χ0n) is 12.2. The van der Waals surface area contributed by atoms with E-state index in [0.29, 0.717) is 6.54 Å². The SMILES string of the molecule is CN(Cc1ccccc1)CC(C)(C)C(=O)NCC(=O)O. The fourth-order valence-electron chi connectivity index (χ4n) is 2.09. The predicted octanol–water partition coefficient (Wildman–Crippen LogP) is 1.35. The maximum Gasteiger partial charge on any atom is 0.322 e. The Kier molecular flexibility index (Phi) is 5.70. The average molecular weight is 278 g/mol. The highest BCUT2D eigenvalue weighted by atomic mass is 16.4. The highest BCUT2D eigenvalue weighted by molar-refractivity contribution is 5.85. The lowest BCUT2D eigenvalue weighted by Crippen LogP contribution is -2.45. The van der Waals surface area contributed by atoms with E-state index in [4.69, 9.17) is 5.11 Å². The third-order valence-electron chi connectivity index (χ3n) is 2.98. The molecule has 0 radical (unpaired) electrons. The number of amides is 1. The first-order valence-corrected chi connectivity index (χ1v) is 6.54. The summed E-state index contributed by atoms with van der Waals surface area (Å²) >= 11 is 0. The van der Waals surface area contributed by atoms with Crippen LogP contribution in [0.1, 0.15) is 19.4 Å². The van der Waals surface area contributed by atoms with Crippen LogP contribution in [0.3, 0.4) is 0 Å². The fourth-order valence-corrected chi connectivity index (χ4v) is 2.09. The van der Waals surface area contributed by atoms with E-state index in [1.807, 2.05) is 51.2 Å². The number of nitrogens with one attached hydrogen (secondary N) is 1. The molecule has 1 amide bonds. The van der Waals surface area contributed by atoms with E-state index in [2.05, 4.69) is 10.2 Å². The van der Waals surface area contributed by atoms with Gasteiger partial charge in [-0.15, -0.1) is 0 Å². The van der Waals surface area contributed by atoms with Crippen molar-refractivity contribution in [3.8, 4) is 0 Å². The molecule has 0 bridgehead atoms. The molecule has 1 aromatic rings. The van der Waals surface area contributed by atoms with Crippen molar-refractivity contribution in [2.24, 2.45) is 5.41 Å². The molecule has 0 fully saturated rings. The minimum Gasteiger partial charge on any atom is -0.480 e. The Hall–Kier alpha value is -1.88. The van der Waals surface area contributed by atoms with Crippen LogP contribution in [0, 0.1) is 5.41 Å². The number of carbonyl (C=O) groups excluding carboxylic acids is 1. The van der Waals surface area contributed by atoms with Gasteiger partial charge in [-0.05, 0) is 26.5 Å². The molecule has 0 heterocycles. The zero-order valence-corrected chi connectivity index (χ0v) is 12.2. The molecule has 0 unspecified atom stereocenters. The fraction of sp³-hybridized carbons (Fsp3) is 0.467. The van der Waals surface area contributed by atoms with Gasteiger partial charge in [0.05, 0.1) is 5.41 Å². The third kappa shape index (κ3) is 5.40. The van der Waals surface area contributed by atoms with Crippen molar-refractivity contribution in [3.05, 3.63) is 35.9 Å². The van der Waals surface area contributed by atoms with E-state index in [-0.39, 0.29) is 12.5 Å². The summed E-state index contributed by atoms with van der Waals surface area (Å²) in [6, 6.07) is 10.00. The number of carbonyl (C=O) groups is 2. The molecule has 5 nitrogen and oxygen atoms in total. The summed E-state index contributed by atoms with van der Waals surface area (Å²) < 4.78 is 0. The molecule has 0 aliphatic rings. The van der Waals surface area contributed by atoms with Crippen molar-refractivity contribution in [1.82, 2.24) is 10.2 Å². The summed E-state index contributed by atoms with van der Waals surface area (Å²) in [5.41, 5.74) is 0.538. The largest absolute Gasteiger partial charge is 0.480 e. The molecule has 1 rings (SSSR count). The quantitative estimate of drug-likeness (QED) is 0.790. The van der Waals surface area contributed by atoms with E-state index < -0.39 is 11.4 Å². The Labute approximate surface area is 119 Å². The molecule has 110 valence electrons. The lowest BCUT2D eigenvalue weighted by molar-refractivity contribution is -0.139. The molecule has 1 aromatic carbocycles. The summed E-state index contributed by atoms with van der Waals surface area (Å²) in [5, 5.41) is 11.0. The number of benzene rings is 1. The van der Waals surface area contributed by atoms with Gasteiger partial charge in [-0.25, -0.2) is 0 Å². The average Bonchev–Trinajstić information content (AvgIpc) is 2.36. The first-order chi connectivity index (χ1) is 9.31. The summed E-state index contributed by atoms with van der Waals surface area (Å²) in [5.74, 6) is -1.29. The number of hydrogen-bond acceptors (Lipinski definition) is 3. The smallest absolute Gasteiger partial charge is 0.322 e. The Morgan fingerprint density at radius 3 is 2.40 bits per heavy atom. The van der Waals surface area contributed by atoms with Crippen molar-refractivity contribution in [2.75, 3.05) is 20.1 Å². The predicted molar refractivity (Wildman–Crippen MR) is 77.2 cm³/mol. The van der Waals surface area contributed by atoms with E-state index in [0.717, 1.165) is 6.54 Å². The first kappa shape index (κ1) is 16.2. The number of aliphatic carboxylic acids is 1. The topological polar surface area (TPSA) is 69.6 Å². The number of carboxylic acids is 1. The normalized spacial score (nSPS) is 11.4. The van der Waals surface area contributed by atoms with Crippen LogP contribution in [0.15, 0.2) is 30.3 Å². The zero-order chi connectivity index (χ0) is 15.2. The van der Waals surface area contributed by atoms with Crippen molar-refractivity contribution in [2.45, 2.75) is 20.4 Å². The van der Waals surface area contributed by atoms with Crippen LogP contribution in [0.2, 0.25) is 0 Å². The summed E-state index contributed by atoms with van der Waals surface area (Å²) in [7, 11) is 1.94. The van der Waals surface area contributed by atoms with Gasteiger partial charge in [0.25, 0.3) is 0 Å². The summed E-state index contributed by atoms with van der Waals surface area (Å²) in [6.07, 6.45) is 0. The number of rotatable bonds is 7. The van der Waals surface area contributed by atoms with Crippen molar-refractivity contribution in [3.63, 3.8) is 0 Å². The van der Waals surface area contributed by atoms with Gasteiger partial charge in [0.2, 0.25) is 5.91 Å². The van der Waals surface area contributed by atoms with Crippen LogP contribution in [-0.2, 0) is 16.1 Å². The standard InChI is InChI=1S/C15H22N2O3/c1-15(2,14(20)16-9-13(18)19)11-17(3)10-12-7-5-4-6-8-12/h4-8H,9-11H2,1-3H3,(H,16,20)(H,18,19). The van der Waals surface area contributed by atoms with Gasteiger partial charge < -0.3 is 15.3 Å². The number of hydrogen-bond donors (Lipinski definition) is 2. The monoisotopic (exact) mass is 278 g/mol. The second kappa shape index (κ2) is 7.05. The van der Waals surface area contributed by atoms with Crippen molar-refractivity contribution in [1.29, 1.82) is 0 Å². The van der Waals surface area contributed by atoms with Crippen LogP contribution < -0.4 is 5.32 Å². The van der Waals surface area contributed by atoms with E-state index in [1.54, 1.807) is 0 Å². The van der Waals surface area contributed by atoms with Crippen LogP contribution in [-0.4, -0.2) is 42.0 Å². The van der Waals surface area contributed by atoms with Crippen molar-refractivity contribution >= 4 is 11.9 Å². The molecule has 0 saturated heterocycles. The van der Waals surface area contributed by atoms with Crippen LogP contribution in [0.4, 0.5) is 0 Å². The molecule has 0 saturated carbocycles. The van der Waals surface area contributed by atoms with Gasteiger partial charge in [-0.2, -0.15) is 0 Å². The van der Waals surface area contributed by atoms with Gasteiger partial charge in [-0.3, -0.25) is 9.59 Å². The maximum atomic E-state index is 12.0. The van der Waals surface area contributed by atoms with Gasteiger partial charge in [0, 0.05) is 13.1 Å². The highest BCUT2D eigenvalue weighted by Gasteiger charge is 2.29. The molecule has 0 spiro atoms. The molecule has 2 N–H and O–H groups in total. The lowest BCUT2D eigenvalue weighted by Gasteiger charge is -2.29. The minimum absolute atomic E-state index is 0.250. The Morgan fingerprint density at radius 1 is 1.25 bits per heavy atom. The molecule has 20 heavy (non-hydrogen) atoms. The highest BCUT2D eigenvalue weighted by Crippen LogP contribution is 2.17. The van der Waals surface area contributed by atoms with Crippen LogP contribution >= 0.6 is 0 Å². The molecule has 5 heteroatoms. The number of carboxylic acid groups (broad SMARTS) is 1. The Morgan fingerprint density at radius 2 is 1.85 bits per heavy atom. The molecule has 0 aliphatic carbocycles. The second-order valence-electron chi connectivity index (χ2n) is 5.62. The molecule has 0 aliphatic heterocycles. The first-order valence-electron chi connectivity index (χ1n) is 6.54. The lowest BCUT2D eigenvalue weighted by atomic mass is 9.91. The van der Waals surface area contributed by atoms with E-state index >= 15 is 0 Å². The van der Waals surface area contributed by atoms with E-state index in [9.17, 15) is 9.59 Å².